The Balaban J connectivity index is 2.55. The van der Waals surface area contributed by atoms with Crippen molar-refractivity contribution in [2.45, 2.75) is 24.6 Å². The number of hydrogen-bond acceptors (Lipinski definition) is 4. The van der Waals surface area contributed by atoms with Crippen molar-refractivity contribution in [1.82, 2.24) is 4.90 Å². The lowest BCUT2D eigenvalue weighted by Gasteiger charge is -2.21. The number of likely N-dealkylation sites (tertiary alicyclic amines) is 1. The predicted molar refractivity (Wildman–Crippen MR) is 77.6 cm³/mol. The lowest BCUT2D eigenvalue weighted by Crippen LogP contribution is -2.37. The van der Waals surface area contributed by atoms with Gasteiger partial charge in [0.2, 0.25) is 0 Å². The number of hydrogen-bond donors (Lipinski definition) is 0. The lowest BCUT2D eigenvalue weighted by atomic mass is 10.2. The Kier molecular flexibility index (Phi) is 6.32. The van der Waals surface area contributed by atoms with Crippen molar-refractivity contribution in [2.75, 3.05) is 17.6 Å². The van der Waals surface area contributed by atoms with Crippen molar-refractivity contribution in [1.29, 1.82) is 0 Å². The minimum atomic E-state index is -0.307. The fourth-order valence-corrected chi connectivity index (χ4v) is 3.63. The molecule has 0 radical (unpaired) electrons. The third-order valence-corrected chi connectivity index (χ3v) is 4.47. The number of carbonyl (C=O) groups is 2. The first-order chi connectivity index (χ1) is 8.08. The number of rotatable bonds is 4. The Bertz CT molecular complexity index is 311. The molecule has 1 saturated heterocycles. The smallest absolute Gasteiger partial charge is 0.410 e. The van der Waals surface area contributed by atoms with E-state index in [0.29, 0.717) is 6.54 Å². The largest absolute Gasteiger partial charge is 0.445 e. The number of nitrogens with zero attached hydrogens (tertiary/aromatic N) is 1. The fraction of sp³-hybridized carbons (Fsp3) is 0.636. The lowest BCUT2D eigenvalue weighted by molar-refractivity contribution is -0.109. The van der Waals surface area contributed by atoms with Crippen molar-refractivity contribution >= 4 is 45.6 Å². The van der Waals surface area contributed by atoms with E-state index >= 15 is 0 Å². The second-order valence-corrected chi connectivity index (χ2v) is 6.15. The molecule has 96 valence electrons. The molecular formula is C11H16INO3S. The zero-order valence-electron chi connectivity index (χ0n) is 9.73. The zero-order valence-corrected chi connectivity index (χ0v) is 12.7. The molecule has 2 unspecified atom stereocenters. The van der Waals surface area contributed by atoms with Crippen molar-refractivity contribution < 1.29 is 14.3 Å². The van der Waals surface area contributed by atoms with Crippen LogP contribution in [0.4, 0.5) is 4.79 Å². The Hall–Kier alpha value is -0.240. The van der Waals surface area contributed by atoms with Gasteiger partial charge in [-0.15, -0.1) is 0 Å². The molecule has 6 heteroatoms. The van der Waals surface area contributed by atoms with E-state index in [-0.39, 0.29) is 29.1 Å². The van der Waals surface area contributed by atoms with Gasteiger partial charge in [0.15, 0.2) is 5.12 Å². The number of thioether (sulfide) groups is 1. The van der Waals surface area contributed by atoms with Crippen LogP contribution in [-0.4, -0.2) is 45.0 Å². The molecule has 1 rings (SSSR count). The first-order valence-corrected chi connectivity index (χ1v) is 7.76. The summed E-state index contributed by atoms with van der Waals surface area (Å²) in [5.41, 5.74) is 0. The number of halogens is 1. The highest BCUT2D eigenvalue weighted by molar-refractivity contribution is 14.1. The summed E-state index contributed by atoms with van der Waals surface area (Å²) >= 11 is 3.57. The molecule has 0 aromatic rings. The number of alkyl halides is 1. The Morgan fingerprint density at radius 1 is 1.65 bits per heavy atom. The molecular weight excluding hydrogens is 353 g/mol. The predicted octanol–water partition coefficient (Wildman–Crippen LogP) is 2.47. The van der Waals surface area contributed by atoms with E-state index in [4.69, 9.17) is 4.74 Å². The van der Waals surface area contributed by atoms with Crippen LogP contribution in [0.25, 0.3) is 0 Å². The van der Waals surface area contributed by atoms with Crippen LogP contribution in [0.2, 0.25) is 0 Å². The second kappa shape index (κ2) is 7.25. The molecule has 1 aliphatic heterocycles. The molecule has 1 fully saturated rings. The van der Waals surface area contributed by atoms with Gasteiger partial charge in [-0.2, -0.15) is 0 Å². The van der Waals surface area contributed by atoms with Gasteiger partial charge >= 0.3 is 6.09 Å². The summed E-state index contributed by atoms with van der Waals surface area (Å²) in [6.07, 6.45) is 2.10. The summed E-state index contributed by atoms with van der Waals surface area (Å²) in [6, 6.07) is 0.171. The second-order valence-electron chi connectivity index (χ2n) is 3.79. The van der Waals surface area contributed by atoms with E-state index in [1.54, 1.807) is 17.9 Å². The van der Waals surface area contributed by atoms with Crippen LogP contribution in [0.1, 0.15) is 13.3 Å². The molecule has 0 N–H and O–H groups in total. The van der Waals surface area contributed by atoms with Gasteiger partial charge in [0.25, 0.3) is 0 Å². The molecule has 0 spiro atoms. The first kappa shape index (κ1) is 14.8. The topological polar surface area (TPSA) is 46.6 Å². The highest BCUT2D eigenvalue weighted by Gasteiger charge is 2.36. The molecule has 0 bridgehead atoms. The summed E-state index contributed by atoms with van der Waals surface area (Å²) in [4.78, 5) is 24.5. The van der Waals surface area contributed by atoms with Crippen LogP contribution in [0.3, 0.4) is 0 Å². The molecule has 0 aromatic carbocycles. The van der Waals surface area contributed by atoms with Gasteiger partial charge in [0.05, 0.1) is 0 Å². The van der Waals surface area contributed by atoms with Gasteiger partial charge in [-0.1, -0.05) is 47.0 Å². The molecule has 17 heavy (non-hydrogen) atoms. The van der Waals surface area contributed by atoms with Crippen molar-refractivity contribution in [3.8, 4) is 0 Å². The molecule has 1 aliphatic rings. The van der Waals surface area contributed by atoms with Gasteiger partial charge in [0, 0.05) is 29.2 Å². The van der Waals surface area contributed by atoms with Crippen molar-refractivity contribution in [3.63, 3.8) is 0 Å². The Labute approximate surface area is 119 Å². The van der Waals surface area contributed by atoms with E-state index in [2.05, 4.69) is 29.2 Å². The van der Waals surface area contributed by atoms with Crippen molar-refractivity contribution in [3.05, 3.63) is 12.7 Å². The highest BCUT2D eigenvalue weighted by Crippen LogP contribution is 2.29. The summed E-state index contributed by atoms with van der Waals surface area (Å²) in [5, 5.41) is 0.298. The highest BCUT2D eigenvalue weighted by atomic mass is 127. The molecule has 1 amide bonds. The zero-order chi connectivity index (χ0) is 12.8. The Morgan fingerprint density at radius 3 is 2.88 bits per heavy atom. The molecule has 4 nitrogen and oxygen atoms in total. The van der Waals surface area contributed by atoms with Crippen LogP contribution in [-0.2, 0) is 9.53 Å². The molecule has 1 heterocycles. The molecule has 0 aromatic heterocycles. The first-order valence-electron chi connectivity index (χ1n) is 5.36. The van der Waals surface area contributed by atoms with Crippen LogP contribution in [0.15, 0.2) is 12.7 Å². The summed E-state index contributed by atoms with van der Waals surface area (Å²) in [5.74, 6) is 0. The van der Waals surface area contributed by atoms with E-state index in [1.807, 2.05) is 0 Å². The minimum absolute atomic E-state index is 0.100. The number of ether oxygens (including phenoxy) is 1. The van der Waals surface area contributed by atoms with E-state index < -0.39 is 0 Å². The van der Waals surface area contributed by atoms with Gasteiger partial charge in [-0.3, -0.25) is 4.79 Å². The fourth-order valence-electron chi connectivity index (χ4n) is 1.78. The van der Waals surface area contributed by atoms with Crippen LogP contribution >= 0.6 is 34.4 Å². The van der Waals surface area contributed by atoms with Crippen LogP contribution in [0.5, 0.6) is 0 Å². The summed E-state index contributed by atoms with van der Waals surface area (Å²) in [7, 11) is 0. The maximum absolute atomic E-state index is 11.8. The van der Waals surface area contributed by atoms with E-state index in [9.17, 15) is 9.59 Å². The van der Waals surface area contributed by atoms with Crippen LogP contribution < -0.4 is 0 Å². The van der Waals surface area contributed by atoms with Gasteiger partial charge < -0.3 is 9.64 Å². The number of carbonyl (C=O) groups excluding carboxylic acids is 2. The average Bonchev–Trinajstić information content (AvgIpc) is 2.68. The van der Waals surface area contributed by atoms with E-state index in [1.165, 1.54) is 11.8 Å². The summed E-state index contributed by atoms with van der Waals surface area (Å²) < 4.78 is 5.89. The maximum atomic E-state index is 11.8. The van der Waals surface area contributed by atoms with Crippen LogP contribution in [0, 0.1) is 0 Å². The normalized spacial score (nSPS) is 23.5. The third-order valence-electron chi connectivity index (χ3n) is 2.45. The monoisotopic (exact) mass is 369 g/mol. The quantitative estimate of drug-likeness (QED) is 0.434. The van der Waals surface area contributed by atoms with Gasteiger partial charge in [-0.05, 0) is 6.42 Å². The third kappa shape index (κ3) is 4.50. The average molecular weight is 369 g/mol. The minimum Gasteiger partial charge on any atom is -0.445 e. The molecule has 0 aliphatic carbocycles. The van der Waals surface area contributed by atoms with E-state index in [0.717, 1.165) is 10.8 Å². The molecule has 2 atom stereocenters. The van der Waals surface area contributed by atoms with Gasteiger partial charge in [-0.25, -0.2) is 4.79 Å². The van der Waals surface area contributed by atoms with Crippen molar-refractivity contribution in [2.24, 2.45) is 0 Å². The summed E-state index contributed by atoms with van der Waals surface area (Å²) in [6.45, 7) is 5.89. The molecule has 0 saturated carbocycles. The Morgan fingerprint density at radius 2 is 2.35 bits per heavy atom. The standard InChI is InChI=1S/C11H16INO3S/c1-3-4-16-11(15)13-7-10(17-8(2)14)5-9(13)6-12/h3,9-10H,1,4-7H2,2H3. The maximum Gasteiger partial charge on any atom is 0.410 e. The number of amides is 1. The van der Waals surface area contributed by atoms with Gasteiger partial charge in [0.1, 0.15) is 6.61 Å². The SMILES string of the molecule is C=CCOC(=O)N1CC(SC(C)=O)CC1CI.